The summed E-state index contributed by atoms with van der Waals surface area (Å²) in [6, 6.07) is 21.5. The van der Waals surface area contributed by atoms with Crippen molar-refractivity contribution in [3.63, 3.8) is 0 Å². The number of rotatable bonds is 7. The van der Waals surface area contributed by atoms with Crippen molar-refractivity contribution in [1.29, 1.82) is 0 Å². The van der Waals surface area contributed by atoms with Crippen LogP contribution < -0.4 is 9.30 Å². The predicted molar refractivity (Wildman–Crippen MR) is 304 cm³/mol. The molecule has 366 valence electrons. The van der Waals surface area contributed by atoms with Gasteiger partial charge in [-0.3, -0.25) is 4.57 Å². The molecule has 3 heterocycles. The molecule has 0 aliphatic heterocycles. The largest absolute Gasteiger partial charge is 0.457 e. The third-order valence-electron chi connectivity index (χ3n) is 13.3. The van der Waals surface area contributed by atoms with Crippen LogP contribution in [0.1, 0.15) is 181 Å². The zero-order chi connectivity index (χ0) is 83.2. The van der Waals surface area contributed by atoms with E-state index < -0.39 is 188 Å². The number of para-hydroxylation sites is 4. The Kier molecular flexibility index (Phi) is 4.78. The Balaban J connectivity index is 1.25. The third kappa shape index (κ3) is 7.89. The Labute approximate surface area is 485 Å². The van der Waals surface area contributed by atoms with E-state index >= 15 is 0 Å². The van der Waals surface area contributed by atoms with Crippen LogP contribution in [0.3, 0.4) is 0 Å². The van der Waals surface area contributed by atoms with Crippen LogP contribution in [0.5, 0.6) is 11.5 Å². The molecule has 5 heteroatoms. The maximum Gasteiger partial charge on any atom is 0.255 e. The maximum absolute atomic E-state index is 10.4. The van der Waals surface area contributed by atoms with E-state index in [4.69, 9.17) is 42.6 Å². The molecule has 0 saturated carbocycles. The van der Waals surface area contributed by atoms with Crippen molar-refractivity contribution in [3.05, 3.63) is 198 Å². The standard InChI is InChI=1S/C68H69N4O/c1-64(2,3)46-32-37-69-62(40-46)72-58-23-13-12-20-52(58)53-29-28-49(42-61(53)72)73-48-19-16-18-47(41-48)70-43-71(60-25-15-14-24-59(60)70)63-50(44-26-30-54-56(38-44)67(8,9)35-33-65(54,4)5)21-17-22-51(63)45-27-31-55-57(39-45)68(10,11)36-34-66(55,6)7/h12-32,37-43H,33-36H2,1-11H3/q+1/i4D3,5D3,6D3,7D3,8D3,9D3,10D3,11D3,26D,27D,30D,31D,33D2,34D2,35D2,36D2,38D,39D. The van der Waals surface area contributed by atoms with E-state index in [-0.39, 0.29) is 27.9 Å². The van der Waals surface area contributed by atoms with Crippen LogP contribution in [0.2, 0.25) is 0 Å². The summed E-state index contributed by atoms with van der Waals surface area (Å²) in [5.41, 5.74) is -28.9. The first kappa shape index (κ1) is 20.9. The van der Waals surface area contributed by atoms with Gasteiger partial charge in [-0.05, 0) is 146 Å². The van der Waals surface area contributed by atoms with Gasteiger partial charge in [0.2, 0.25) is 0 Å². The molecule has 0 unspecified atom stereocenters. The first-order valence-electron chi connectivity index (χ1n) is 42.1. The van der Waals surface area contributed by atoms with E-state index in [1.807, 2.05) is 47.0 Å². The molecule has 0 amide bonds. The van der Waals surface area contributed by atoms with E-state index in [0.29, 0.717) is 17.1 Å². The van der Waals surface area contributed by atoms with Crippen LogP contribution in [-0.2, 0) is 27.1 Å². The second kappa shape index (κ2) is 16.6. The van der Waals surface area contributed by atoms with Crippen molar-refractivity contribution in [1.82, 2.24) is 14.1 Å². The topological polar surface area (TPSA) is 35.9 Å². The maximum atomic E-state index is 10.4. The fourth-order valence-corrected chi connectivity index (χ4v) is 9.63. The Hall–Kier alpha value is -7.24. The molecule has 2 aliphatic rings. The van der Waals surface area contributed by atoms with Crippen molar-refractivity contribution >= 4 is 32.8 Å². The molecule has 0 spiro atoms. The van der Waals surface area contributed by atoms with Gasteiger partial charge < -0.3 is 4.74 Å². The highest BCUT2D eigenvalue weighted by atomic mass is 16.5. The summed E-state index contributed by atoms with van der Waals surface area (Å²) >= 11 is 0. The molecule has 0 N–H and O–H groups in total. The third-order valence-corrected chi connectivity index (χ3v) is 13.3. The number of pyridine rings is 1. The number of aromatic nitrogens is 4. The van der Waals surface area contributed by atoms with Crippen molar-refractivity contribution in [2.24, 2.45) is 0 Å². The molecule has 12 rings (SSSR count). The lowest BCUT2D eigenvalue weighted by Gasteiger charge is -2.42. The molecule has 73 heavy (non-hydrogen) atoms. The molecular formula is C68H69N4O+. The normalized spacial score (nSPS) is 28.4. The van der Waals surface area contributed by atoms with E-state index in [1.165, 1.54) is 41.2 Å². The van der Waals surface area contributed by atoms with Gasteiger partial charge in [0.15, 0.2) is 11.0 Å². The van der Waals surface area contributed by atoms with Gasteiger partial charge >= 0.3 is 0 Å². The van der Waals surface area contributed by atoms with Crippen LogP contribution in [0.4, 0.5) is 0 Å². The van der Waals surface area contributed by atoms with E-state index in [9.17, 15) is 19.2 Å². The van der Waals surface area contributed by atoms with Gasteiger partial charge in [0.1, 0.15) is 28.7 Å². The quantitative estimate of drug-likeness (QED) is 0.149. The van der Waals surface area contributed by atoms with Gasteiger partial charge in [-0.1, -0.05) is 166 Å². The zero-order valence-corrected chi connectivity index (χ0v) is 39.4. The Bertz CT molecular complexity index is 5260. The number of fused-ring (bicyclic) bond motifs is 6. The van der Waals surface area contributed by atoms with Crippen molar-refractivity contribution < 1.29 is 61.4 Å². The second-order valence-electron chi connectivity index (χ2n) is 19.3. The molecule has 5 nitrogen and oxygen atoms in total. The fourth-order valence-electron chi connectivity index (χ4n) is 9.63. The average Bonchev–Trinajstić information content (AvgIpc) is 0.858. The molecular weight excluding hydrogens is 889 g/mol. The lowest BCUT2D eigenvalue weighted by Crippen LogP contribution is -2.34. The van der Waals surface area contributed by atoms with Gasteiger partial charge in [-0.15, -0.1) is 0 Å². The zero-order valence-electron chi connectivity index (χ0n) is 77.4. The fraction of sp³-hybridized carbons (Fsp3) is 0.294. The first-order valence-corrected chi connectivity index (χ1v) is 23.1. The van der Waals surface area contributed by atoms with Crippen LogP contribution >= 0.6 is 0 Å². The number of imidazole rings is 1. The van der Waals surface area contributed by atoms with Gasteiger partial charge in [0.05, 0.1) is 19.3 Å². The highest BCUT2D eigenvalue weighted by molar-refractivity contribution is 6.09. The number of benzene rings is 7. The number of hydrogen-bond donors (Lipinski definition) is 0. The number of ether oxygens (including phenoxy) is 1. The van der Waals surface area contributed by atoms with E-state index in [1.54, 1.807) is 36.5 Å². The smallest absolute Gasteiger partial charge is 0.255 e. The minimum Gasteiger partial charge on any atom is -0.457 e. The lowest BCUT2D eigenvalue weighted by molar-refractivity contribution is -0.566. The molecule has 0 atom stereocenters. The highest BCUT2D eigenvalue weighted by Crippen LogP contribution is 2.50. The van der Waals surface area contributed by atoms with Crippen LogP contribution in [0, 0.1) is 0 Å². The molecule has 2 aliphatic carbocycles. The summed E-state index contributed by atoms with van der Waals surface area (Å²) in [6.07, 6.45) is -16.3. The van der Waals surface area contributed by atoms with Gasteiger partial charge in [0.25, 0.3) is 6.33 Å². The number of nitrogens with zero attached hydrogens (tertiary/aromatic N) is 4. The minimum atomic E-state index is -4.84. The van der Waals surface area contributed by atoms with Gasteiger partial charge in [-0.2, -0.15) is 9.13 Å². The molecule has 3 aromatic heterocycles. The summed E-state index contributed by atoms with van der Waals surface area (Å²) < 4.78 is 363. The van der Waals surface area contributed by atoms with Crippen LogP contribution in [0.15, 0.2) is 170 Å². The monoisotopic (exact) mass is 996 g/mol. The van der Waals surface area contributed by atoms with Crippen molar-refractivity contribution in [2.75, 3.05) is 0 Å². The average molecular weight is 997 g/mol. The van der Waals surface area contributed by atoms with Crippen LogP contribution in [-0.4, -0.2) is 14.1 Å². The predicted octanol–water partition coefficient (Wildman–Crippen LogP) is 17.5. The number of hydrogen-bond acceptors (Lipinski definition) is 2. The summed E-state index contributed by atoms with van der Waals surface area (Å²) in [6.45, 7) is -30.1. The Morgan fingerprint density at radius 2 is 1.15 bits per heavy atom. The summed E-state index contributed by atoms with van der Waals surface area (Å²) in [7, 11) is 0. The Morgan fingerprint density at radius 3 is 1.79 bits per heavy atom. The van der Waals surface area contributed by atoms with E-state index in [0.717, 1.165) is 44.6 Å². The van der Waals surface area contributed by atoms with Crippen molar-refractivity contribution in [3.8, 4) is 50.9 Å². The molecule has 0 fully saturated rings. The Morgan fingerprint density at radius 1 is 0.575 bits per heavy atom. The lowest BCUT2D eigenvalue weighted by atomic mass is 9.62. The van der Waals surface area contributed by atoms with Gasteiger partial charge in [0, 0.05) is 84.1 Å². The van der Waals surface area contributed by atoms with Crippen molar-refractivity contribution in [2.45, 2.75) is 128 Å². The highest BCUT2D eigenvalue weighted by Gasteiger charge is 2.39. The molecule has 10 aromatic rings. The minimum absolute atomic E-state index is 0.0930. The first-order chi connectivity index (χ1) is 50.4. The summed E-state index contributed by atoms with van der Waals surface area (Å²) in [4.78, 5) is 4.77. The SMILES string of the molecule is [2H]c1c([2H])c2c(c([2H])c1-c1cccc(-c3c([2H])c([2H])c4c(c3[2H])C(C([2H])([2H])[2H])(C([2H])([2H])[2H])C([2H])([2H])C([2H])([2H])C4(C([2H])([2H])[2H])C([2H])([2H])[2H])c1-[n+]1cn(-c3cccc(Oc4ccc5c6ccccc6n(-c6cc(C(C)(C)C)ccn6)c5c4)c3)c3ccccc31)C(C([2H])([2H])[2H])(C([2H])([2H])[2H])C([2H])([2H])C([2H])([2H])C2(C([2H])([2H])[2H])C([2H])([2H])[2H]. The molecule has 0 saturated heterocycles. The second-order valence-corrected chi connectivity index (χ2v) is 19.3. The summed E-state index contributed by atoms with van der Waals surface area (Å²) in [5.74, 6) is 1.06. The molecule has 0 radical (unpaired) electrons. The molecule has 0 bridgehead atoms. The summed E-state index contributed by atoms with van der Waals surface area (Å²) in [5, 5.41) is 1.72. The van der Waals surface area contributed by atoms with E-state index in [2.05, 4.69) is 20.8 Å². The van der Waals surface area contributed by atoms with Gasteiger partial charge in [-0.25, -0.2) is 4.98 Å². The molecule has 7 aromatic carbocycles. The van der Waals surface area contributed by atoms with Crippen LogP contribution in [0.25, 0.3) is 72.3 Å².